The standard InChI is InChI=1S/C27H17NOS/c1-2-6-22-18(4-1)10-11-23(27(22)21-12-13-29-15-21)20-9-8-19-5-3-7-24(25(19)14-20)26-16-30-17-28-26/h1-17H. The van der Waals surface area contributed by atoms with Crippen LogP contribution in [0.4, 0.5) is 0 Å². The van der Waals surface area contributed by atoms with E-state index in [9.17, 15) is 0 Å². The van der Waals surface area contributed by atoms with Crippen molar-refractivity contribution >= 4 is 32.9 Å². The maximum atomic E-state index is 5.44. The summed E-state index contributed by atoms with van der Waals surface area (Å²) in [5.41, 5.74) is 8.76. The van der Waals surface area contributed by atoms with Crippen LogP contribution >= 0.6 is 11.3 Å². The molecule has 0 saturated carbocycles. The highest BCUT2D eigenvalue weighted by molar-refractivity contribution is 7.07. The van der Waals surface area contributed by atoms with Gasteiger partial charge < -0.3 is 4.42 Å². The zero-order chi connectivity index (χ0) is 19.9. The van der Waals surface area contributed by atoms with E-state index < -0.39 is 0 Å². The van der Waals surface area contributed by atoms with Gasteiger partial charge >= 0.3 is 0 Å². The molecule has 0 amide bonds. The summed E-state index contributed by atoms with van der Waals surface area (Å²) in [5, 5.41) is 6.99. The van der Waals surface area contributed by atoms with E-state index in [1.165, 1.54) is 43.8 Å². The Labute approximate surface area is 178 Å². The van der Waals surface area contributed by atoms with Crippen LogP contribution < -0.4 is 0 Å². The van der Waals surface area contributed by atoms with Crippen LogP contribution in [-0.4, -0.2) is 4.98 Å². The highest BCUT2D eigenvalue weighted by Crippen LogP contribution is 2.40. The van der Waals surface area contributed by atoms with Gasteiger partial charge in [0.25, 0.3) is 0 Å². The number of hydrogen-bond acceptors (Lipinski definition) is 3. The topological polar surface area (TPSA) is 26.0 Å². The minimum atomic E-state index is 1.02. The fourth-order valence-electron chi connectivity index (χ4n) is 4.24. The normalized spacial score (nSPS) is 11.3. The molecule has 2 nitrogen and oxygen atoms in total. The van der Waals surface area contributed by atoms with Crippen LogP contribution in [0.25, 0.3) is 55.1 Å². The first kappa shape index (κ1) is 17.2. The highest BCUT2D eigenvalue weighted by Gasteiger charge is 2.14. The molecule has 0 bridgehead atoms. The molecule has 2 heterocycles. The number of hydrogen-bond donors (Lipinski definition) is 0. The minimum Gasteiger partial charge on any atom is -0.472 e. The van der Waals surface area contributed by atoms with E-state index in [-0.39, 0.29) is 0 Å². The quantitative estimate of drug-likeness (QED) is 0.299. The third-order valence-electron chi connectivity index (χ3n) is 5.64. The van der Waals surface area contributed by atoms with Crippen molar-refractivity contribution in [3.63, 3.8) is 0 Å². The van der Waals surface area contributed by atoms with E-state index >= 15 is 0 Å². The maximum Gasteiger partial charge on any atom is 0.0981 e. The smallest absolute Gasteiger partial charge is 0.0981 e. The Balaban J connectivity index is 1.65. The Morgan fingerprint density at radius 2 is 1.57 bits per heavy atom. The van der Waals surface area contributed by atoms with Gasteiger partial charge in [0.2, 0.25) is 0 Å². The van der Waals surface area contributed by atoms with Crippen LogP contribution in [0.2, 0.25) is 0 Å². The van der Waals surface area contributed by atoms with Crippen molar-refractivity contribution in [3.05, 3.63) is 102 Å². The molecule has 2 aromatic heterocycles. The van der Waals surface area contributed by atoms with E-state index in [4.69, 9.17) is 4.42 Å². The molecule has 142 valence electrons. The summed E-state index contributed by atoms with van der Waals surface area (Å²) >= 11 is 1.62. The van der Waals surface area contributed by atoms with Crippen molar-refractivity contribution in [2.24, 2.45) is 0 Å². The molecule has 0 radical (unpaired) electrons. The van der Waals surface area contributed by atoms with Crippen molar-refractivity contribution in [2.45, 2.75) is 0 Å². The molecule has 30 heavy (non-hydrogen) atoms. The molecular formula is C27H17NOS. The Morgan fingerprint density at radius 3 is 2.43 bits per heavy atom. The lowest BCUT2D eigenvalue weighted by molar-refractivity contribution is 0.568. The van der Waals surface area contributed by atoms with E-state index in [0.29, 0.717) is 0 Å². The van der Waals surface area contributed by atoms with Crippen molar-refractivity contribution in [2.75, 3.05) is 0 Å². The lowest BCUT2D eigenvalue weighted by atomic mass is 9.89. The van der Waals surface area contributed by atoms with E-state index in [2.05, 4.69) is 83.2 Å². The first-order valence-electron chi connectivity index (χ1n) is 9.84. The molecule has 0 unspecified atom stereocenters. The molecule has 4 aromatic carbocycles. The van der Waals surface area contributed by atoms with Gasteiger partial charge in [-0.05, 0) is 44.8 Å². The number of benzene rings is 4. The Hall–Kier alpha value is -3.69. The lowest BCUT2D eigenvalue weighted by Crippen LogP contribution is -1.88. The monoisotopic (exact) mass is 403 g/mol. The van der Waals surface area contributed by atoms with Crippen LogP contribution in [-0.2, 0) is 0 Å². The molecule has 0 aliphatic heterocycles. The average molecular weight is 404 g/mol. The Kier molecular flexibility index (Phi) is 4.00. The summed E-state index contributed by atoms with van der Waals surface area (Å²) in [7, 11) is 0. The van der Waals surface area contributed by atoms with E-state index in [1.54, 1.807) is 17.6 Å². The van der Waals surface area contributed by atoms with Crippen LogP contribution in [0.5, 0.6) is 0 Å². The number of rotatable bonds is 3. The molecule has 3 heteroatoms. The van der Waals surface area contributed by atoms with Gasteiger partial charge in [0.15, 0.2) is 0 Å². The third kappa shape index (κ3) is 2.75. The largest absolute Gasteiger partial charge is 0.472 e. The SMILES string of the molecule is c1cc(-c2cscn2)c2cc(-c3ccc4ccccc4c3-c3ccoc3)ccc2c1. The van der Waals surface area contributed by atoms with Gasteiger partial charge in [-0.15, -0.1) is 11.3 Å². The van der Waals surface area contributed by atoms with Crippen LogP contribution in [0.3, 0.4) is 0 Å². The van der Waals surface area contributed by atoms with E-state index in [1.807, 2.05) is 17.8 Å². The number of nitrogens with zero attached hydrogens (tertiary/aromatic N) is 1. The number of thiazole rings is 1. The predicted octanol–water partition coefficient (Wildman–Crippen LogP) is 8.04. The van der Waals surface area contributed by atoms with Crippen LogP contribution in [0.1, 0.15) is 0 Å². The minimum absolute atomic E-state index is 1.02. The van der Waals surface area contributed by atoms with Crippen molar-refractivity contribution < 1.29 is 4.42 Å². The van der Waals surface area contributed by atoms with E-state index in [0.717, 1.165) is 11.3 Å². The first-order chi connectivity index (χ1) is 14.9. The molecule has 0 aliphatic carbocycles. The van der Waals surface area contributed by atoms with Gasteiger partial charge in [-0.25, -0.2) is 4.98 Å². The fourth-order valence-corrected chi connectivity index (χ4v) is 4.79. The zero-order valence-corrected chi connectivity index (χ0v) is 16.9. The van der Waals surface area contributed by atoms with Gasteiger partial charge in [0, 0.05) is 22.1 Å². The third-order valence-corrected chi connectivity index (χ3v) is 6.23. The number of fused-ring (bicyclic) bond motifs is 2. The molecule has 0 saturated heterocycles. The van der Waals surface area contributed by atoms with Crippen molar-refractivity contribution in [1.82, 2.24) is 4.98 Å². The summed E-state index contributed by atoms with van der Waals surface area (Å²) in [6.45, 7) is 0. The molecule has 0 fully saturated rings. The Morgan fingerprint density at radius 1 is 0.700 bits per heavy atom. The maximum absolute atomic E-state index is 5.44. The number of furan rings is 1. The predicted molar refractivity (Wildman–Crippen MR) is 126 cm³/mol. The molecule has 0 spiro atoms. The molecule has 0 atom stereocenters. The number of aromatic nitrogens is 1. The van der Waals surface area contributed by atoms with Gasteiger partial charge in [-0.2, -0.15) is 0 Å². The first-order valence-corrected chi connectivity index (χ1v) is 10.8. The molecule has 0 aliphatic rings. The molecular weight excluding hydrogens is 386 g/mol. The molecule has 6 rings (SSSR count). The van der Waals surface area contributed by atoms with Gasteiger partial charge in [-0.3, -0.25) is 0 Å². The van der Waals surface area contributed by atoms with Crippen molar-refractivity contribution in [3.8, 4) is 33.5 Å². The van der Waals surface area contributed by atoms with Crippen LogP contribution in [0, 0.1) is 0 Å². The van der Waals surface area contributed by atoms with Crippen LogP contribution in [0.15, 0.2) is 107 Å². The summed E-state index contributed by atoms with van der Waals surface area (Å²) in [4.78, 5) is 4.54. The summed E-state index contributed by atoms with van der Waals surface area (Å²) in [6.07, 6.45) is 3.56. The summed E-state index contributed by atoms with van der Waals surface area (Å²) in [5.74, 6) is 0. The van der Waals surface area contributed by atoms with Gasteiger partial charge in [-0.1, -0.05) is 66.7 Å². The second kappa shape index (κ2) is 6.97. The van der Waals surface area contributed by atoms with Gasteiger partial charge in [0.1, 0.15) is 0 Å². The van der Waals surface area contributed by atoms with Crippen molar-refractivity contribution in [1.29, 1.82) is 0 Å². The second-order valence-electron chi connectivity index (χ2n) is 7.34. The molecule has 0 N–H and O–H groups in total. The Bertz CT molecular complexity index is 1480. The average Bonchev–Trinajstić information content (AvgIpc) is 3.52. The lowest BCUT2D eigenvalue weighted by Gasteiger charge is -2.14. The van der Waals surface area contributed by atoms with Gasteiger partial charge in [0.05, 0.1) is 23.7 Å². The second-order valence-corrected chi connectivity index (χ2v) is 8.06. The summed E-state index contributed by atoms with van der Waals surface area (Å²) in [6, 6.07) is 28.1. The fraction of sp³-hybridized carbons (Fsp3) is 0. The molecule has 6 aromatic rings. The highest BCUT2D eigenvalue weighted by atomic mass is 32.1. The summed E-state index contributed by atoms with van der Waals surface area (Å²) < 4.78 is 5.44. The zero-order valence-electron chi connectivity index (χ0n) is 16.1.